The van der Waals surface area contributed by atoms with Gasteiger partial charge in [-0.2, -0.15) is 0 Å². The van der Waals surface area contributed by atoms with Crippen LogP contribution in [-0.4, -0.2) is 49.3 Å². The standard InChI is InChI=1S/C79H136NO8P/c1-3-5-7-9-11-13-15-17-19-21-23-25-27-29-31-33-34-35-36-37-38-39-40-41-42-44-45-47-49-51-53-55-57-59-61-63-65-67-69-71-78(81)85-75-77(76-87-89(83,84)86-74-73-80)88-79(82)72-70-68-66-64-62-60-58-56-54-52-50-48-46-43-32-30-28-26-24-22-20-18-16-14-12-10-8-6-4-2/h5-8,11-14,17-20,23-26,30,32,46,48,52,54,77H,3-4,9-10,15-16,21-22,27-29,31,33-45,47,49-51,53,55-76,80H2,1-2H3,(H,83,84)/b7-5-,8-6-,13-11-,14-12-,19-17-,20-18-,25-23-,26-24-,32-30-,48-46-,54-52-. The number of hydrogen-bond acceptors (Lipinski definition) is 8. The molecule has 0 fully saturated rings. The molecule has 0 aliphatic rings. The van der Waals surface area contributed by atoms with Crippen molar-refractivity contribution < 1.29 is 37.6 Å². The molecule has 0 aliphatic carbocycles. The number of phosphoric acid groups is 1. The number of phosphoric ester groups is 1. The molecule has 2 unspecified atom stereocenters. The molecular weight excluding hydrogens is 1120 g/mol. The highest BCUT2D eigenvalue weighted by molar-refractivity contribution is 7.47. The summed E-state index contributed by atoms with van der Waals surface area (Å²) in [7, 11) is -4.40. The van der Waals surface area contributed by atoms with Crippen LogP contribution in [0.4, 0.5) is 0 Å². The molecule has 0 aliphatic heterocycles. The molecule has 0 rings (SSSR count). The van der Waals surface area contributed by atoms with Crippen LogP contribution in [0.15, 0.2) is 134 Å². The minimum Gasteiger partial charge on any atom is -0.462 e. The fourth-order valence-electron chi connectivity index (χ4n) is 10.2. The minimum absolute atomic E-state index is 0.0469. The van der Waals surface area contributed by atoms with Gasteiger partial charge in [0.15, 0.2) is 6.10 Å². The largest absolute Gasteiger partial charge is 0.472 e. The summed E-state index contributed by atoms with van der Waals surface area (Å²) in [5, 5.41) is 0. The molecule has 89 heavy (non-hydrogen) atoms. The molecule has 2 atom stereocenters. The Balaban J connectivity index is 3.85. The van der Waals surface area contributed by atoms with Crippen LogP contribution in [0, 0.1) is 0 Å². The highest BCUT2D eigenvalue weighted by Gasteiger charge is 2.26. The van der Waals surface area contributed by atoms with Gasteiger partial charge >= 0.3 is 19.8 Å². The van der Waals surface area contributed by atoms with Crippen LogP contribution in [-0.2, 0) is 32.7 Å². The summed E-state index contributed by atoms with van der Waals surface area (Å²) in [6.45, 7) is 3.53. The second-order valence-electron chi connectivity index (χ2n) is 24.0. The number of allylic oxidation sites excluding steroid dienone is 22. The molecule has 0 aromatic carbocycles. The monoisotopic (exact) mass is 1260 g/mol. The molecule has 10 heteroatoms. The van der Waals surface area contributed by atoms with Crippen molar-refractivity contribution in [3.63, 3.8) is 0 Å². The van der Waals surface area contributed by atoms with E-state index >= 15 is 0 Å². The lowest BCUT2D eigenvalue weighted by Gasteiger charge is -2.19. The van der Waals surface area contributed by atoms with Crippen LogP contribution >= 0.6 is 7.82 Å². The topological polar surface area (TPSA) is 134 Å². The predicted molar refractivity (Wildman–Crippen MR) is 385 cm³/mol. The van der Waals surface area contributed by atoms with E-state index in [1.807, 2.05) is 0 Å². The fourth-order valence-corrected chi connectivity index (χ4v) is 11.0. The number of carbonyl (C=O) groups is 2. The summed E-state index contributed by atoms with van der Waals surface area (Å²) in [5.41, 5.74) is 5.40. The van der Waals surface area contributed by atoms with E-state index in [4.69, 9.17) is 24.3 Å². The molecule has 0 amide bonds. The molecule has 0 radical (unpaired) electrons. The zero-order valence-electron chi connectivity index (χ0n) is 57.4. The third-order valence-electron chi connectivity index (χ3n) is 15.5. The van der Waals surface area contributed by atoms with E-state index in [2.05, 4.69) is 148 Å². The van der Waals surface area contributed by atoms with Crippen molar-refractivity contribution in [2.24, 2.45) is 5.73 Å². The molecular formula is C79H136NO8P. The Hall–Kier alpha value is -3.85. The Bertz CT molecular complexity index is 1920. The zero-order valence-corrected chi connectivity index (χ0v) is 58.3. The van der Waals surface area contributed by atoms with Gasteiger partial charge < -0.3 is 20.1 Å². The van der Waals surface area contributed by atoms with Gasteiger partial charge in [-0.15, -0.1) is 0 Å². The lowest BCUT2D eigenvalue weighted by Crippen LogP contribution is -2.29. The predicted octanol–water partition coefficient (Wildman–Crippen LogP) is 24.4. The van der Waals surface area contributed by atoms with Crippen molar-refractivity contribution in [2.45, 2.75) is 328 Å². The lowest BCUT2D eigenvalue weighted by atomic mass is 10.0. The van der Waals surface area contributed by atoms with E-state index in [-0.39, 0.29) is 38.6 Å². The Morgan fingerprint density at radius 2 is 0.584 bits per heavy atom. The quantitative estimate of drug-likeness (QED) is 0.0264. The molecule has 510 valence electrons. The molecule has 0 aromatic rings. The smallest absolute Gasteiger partial charge is 0.462 e. The molecule has 0 heterocycles. The van der Waals surface area contributed by atoms with Crippen LogP contribution in [0.25, 0.3) is 0 Å². The summed E-state index contributed by atoms with van der Waals surface area (Å²) in [5.74, 6) is -0.835. The van der Waals surface area contributed by atoms with Crippen LogP contribution in [0.3, 0.4) is 0 Å². The van der Waals surface area contributed by atoms with E-state index in [0.29, 0.717) is 6.42 Å². The van der Waals surface area contributed by atoms with Gasteiger partial charge in [0.05, 0.1) is 13.2 Å². The second-order valence-corrected chi connectivity index (χ2v) is 25.5. The van der Waals surface area contributed by atoms with Crippen molar-refractivity contribution >= 4 is 19.8 Å². The van der Waals surface area contributed by atoms with Crippen LogP contribution in [0.2, 0.25) is 0 Å². The summed E-state index contributed by atoms with van der Waals surface area (Å²) < 4.78 is 33.2. The van der Waals surface area contributed by atoms with Gasteiger partial charge in [0.25, 0.3) is 0 Å². The van der Waals surface area contributed by atoms with Crippen LogP contribution in [0.5, 0.6) is 0 Å². The van der Waals surface area contributed by atoms with Gasteiger partial charge in [-0.1, -0.05) is 334 Å². The molecule has 0 spiro atoms. The van der Waals surface area contributed by atoms with Gasteiger partial charge in [-0.05, 0) is 109 Å². The average molecular weight is 1260 g/mol. The average Bonchev–Trinajstić information content (AvgIpc) is 3.68. The molecule has 9 nitrogen and oxygen atoms in total. The lowest BCUT2D eigenvalue weighted by molar-refractivity contribution is -0.161. The van der Waals surface area contributed by atoms with Crippen LogP contribution < -0.4 is 5.73 Å². The molecule has 0 saturated heterocycles. The molecule has 0 bridgehead atoms. The maximum absolute atomic E-state index is 12.8. The minimum atomic E-state index is -4.40. The van der Waals surface area contributed by atoms with Gasteiger partial charge in [0.1, 0.15) is 6.61 Å². The number of nitrogens with two attached hydrogens (primary N) is 1. The first-order valence-electron chi connectivity index (χ1n) is 36.7. The Morgan fingerprint density at radius 3 is 0.865 bits per heavy atom. The molecule has 3 N–H and O–H groups in total. The van der Waals surface area contributed by atoms with Gasteiger partial charge in [0.2, 0.25) is 0 Å². The highest BCUT2D eigenvalue weighted by Crippen LogP contribution is 2.43. The Kier molecular flexibility index (Phi) is 70.0. The van der Waals surface area contributed by atoms with Crippen molar-refractivity contribution in [3.05, 3.63) is 134 Å². The van der Waals surface area contributed by atoms with Crippen LogP contribution in [0.1, 0.15) is 322 Å². The Labute approximate surface area is 548 Å². The van der Waals surface area contributed by atoms with Crippen molar-refractivity contribution in [3.8, 4) is 0 Å². The number of rotatable bonds is 68. The number of carbonyl (C=O) groups excluding carboxylic acids is 2. The van der Waals surface area contributed by atoms with Gasteiger partial charge in [-0.25, -0.2) is 4.57 Å². The number of unbranched alkanes of at least 4 members (excludes halogenated alkanes) is 33. The summed E-state index contributed by atoms with van der Waals surface area (Å²) >= 11 is 0. The summed E-state index contributed by atoms with van der Waals surface area (Å²) in [6.07, 6.45) is 104. The van der Waals surface area contributed by atoms with E-state index in [1.54, 1.807) is 0 Å². The number of esters is 2. The zero-order chi connectivity index (χ0) is 64.4. The fraction of sp³-hybridized carbons (Fsp3) is 0.696. The SMILES string of the molecule is CC/C=C\C/C=C\C/C=C\C/C=C\C/C=C\C/C=C\C/C=C\CCCCCCCCCC(=O)OC(COC(=O)CCCCCCCCCCCCCCCCCCCCCCCCCCCC/C=C\C/C=C\C/C=C\C/C=C\CC)COP(=O)(O)OCCN. The van der Waals surface area contributed by atoms with Crippen molar-refractivity contribution in [1.82, 2.24) is 0 Å². The van der Waals surface area contributed by atoms with Gasteiger partial charge in [0, 0.05) is 19.4 Å². The maximum Gasteiger partial charge on any atom is 0.472 e. The van der Waals surface area contributed by atoms with E-state index in [9.17, 15) is 19.0 Å². The van der Waals surface area contributed by atoms with Crippen molar-refractivity contribution in [1.29, 1.82) is 0 Å². The first kappa shape index (κ1) is 85.2. The first-order valence-corrected chi connectivity index (χ1v) is 38.2. The normalized spacial score (nSPS) is 13.7. The maximum atomic E-state index is 12.8. The van der Waals surface area contributed by atoms with E-state index < -0.39 is 26.5 Å². The Morgan fingerprint density at radius 1 is 0.337 bits per heavy atom. The number of ether oxygens (including phenoxy) is 2. The van der Waals surface area contributed by atoms with Crippen molar-refractivity contribution in [2.75, 3.05) is 26.4 Å². The molecule has 0 saturated carbocycles. The number of hydrogen-bond donors (Lipinski definition) is 2. The summed E-state index contributed by atoms with van der Waals surface area (Å²) in [4.78, 5) is 35.4. The summed E-state index contributed by atoms with van der Waals surface area (Å²) in [6, 6.07) is 0. The first-order chi connectivity index (χ1) is 43.8. The van der Waals surface area contributed by atoms with E-state index in [1.165, 1.54) is 173 Å². The van der Waals surface area contributed by atoms with E-state index in [0.717, 1.165) is 116 Å². The van der Waals surface area contributed by atoms with Gasteiger partial charge in [-0.3, -0.25) is 18.6 Å². The molecule has 0 aromatic heterocycles. The third kappa shape index (κ3) is 73.1. The highest BCUT2D eigenvalue weighted by atomic mass is 31.2. The second kappa shape index (κ2) is 73.2. The third-order valence-corrected chi connectivity index (χ3v) is 16.5.